The van der Waals surface area contributed by atoms with Crippen LogP contribution in [0.2, 0.25) is 0 Å². The molecule has 2 aromatic carbocycles. The third kappa shape index (κ3) is 4.64. The fraction of sp³-hybridized carbons (Fsp3) is 0.240. The van der Waals surface area contributed by atoms with E-state index in [9.17, 15) is 9.18 Å². The fourth-order valence-corrected chi connectivity index (χ4v) is 5.23. The van der Waals surface area contributed by atoms with E-state index in [0.29, 0.717) is 29.0 Å². The van der Waals surface area contributed by atoms with Crippen LogP contribution in [0.1, 0.15) is 16.7 Å². The summed E-state index contributed by atoms with van der Waals surface area (Å²) in [6, 6.07) is 14.4. The lowest BCUT2D eigenvalue weighted by molar-refractivity contribution is -0.122. The van der Waals surface area contributed by atoms with E-state index in [1.54, 1.807) is 17.0 Å². The Morgan fingerprint density at radius 3 is 2.67 bits per heavy atom. The van der Waals surface area contributed by atoms with Crippen LogP contribution in [0.3, 0.4) is 0 Å². The van der Waals surface area contributed by atoms with E-state index in [-0.39, 0.29) is 11.7 Å². The van der Waals surface area contributed by atoms with Crippen molar-refractivity contribution < 1.29 is 13.9 Å². The van der Waals surface area contributed by atoms with Crippen LogP contribution < -0.4 is 4.90 Å². The smallest absolute Gasteiger partial charge is 0.266 e. The molecule has 5 nitrogen and oxygen atoms in total. The van der Waals surface area contributed by atoms with Gasteiger partial charge in [-0.2, -0.15) is 0 Å². The number of fused-ring (bicyclic) bond motifs is 1. The summed E-state index contributed by atoms with van der Waals surface area (Å²) in [6.45, 7) is 5.15. The summed E-state index contributed by atoms with van der Waals surface area (Å²) >= 11 is 6.79. The van der Waals surface area contributed by atoms with Gasteiger partial charge in [0.1, 0.15) is 16.0 Å². The maximum atomic E-state index is 13.2. The zero-order chi connectivity index (χ0) is 22.9. The fourth-order valence-electron chi connectivity index (χ4n) is 3.99. The number of amides is 1. The number of carbonyl (C=O) groups is 1. The molecule has 2 aliphatic rings. The number of aromatic nitrogens is 1. The Morgan fingerprint density at radius 2 is 1.91 bits per heavy atom. The first-order valence-electron chi connectivity index (χ1n) is 10.7. The molecular weight excluding hydrogens is 457 g/mol. The SMILES string of the molecule is Cc1ccc2nc(N3CCOCC3)c(/C=C3\SC(=S)N(Cc4ccc(F)cc4)C3=O)cc2c1. The van der Waals surface area contributed by atoms with E-state index < -0.39 is 0 Å². The standard InChI is InChI=1S/C25H22FN3O2S2/c1-16-2-7-21-18(12-16)13-19(23(27-21)28-8-10-31-11-9-28)14-22-24(30)29(25(32)33-22)15-17-3-5-20(26)6-4-17/h2-7,12-14H,8-11,15H2,1H3/b22-14-. The van der Waals surface area contributed by atoms with Gasteiger partial charge in [-0.1, -0.05) is 47.7 Å². The van der Waals surface area contributed by atoms with Gasteiger partial charge < -0.3 is 9.64 Å². The number of pyridine rings is 1. The summed E-state index contributed by atoms with van der Waals surface area (Å²) in [6.07, 6.45) is 1.89. The summed E-state index contributed by atoms with van der Waals surface area (Å²) in [5.41, 5.74) is 3.78. The Hall–Kier alpha value is -2.81. The van der Waals surface area contributed by atoms with Crippen LogP contribution >= 0.6 is 24.0 Å². The van der Waals surface area contributed by atoms with Crippen LogP contribution in [-0.4, -0.2) is 46.4 Å². The van der Waals surface area contributed by atoms with Crippen molar-refractivity contribution in [3.63, 3.8) is 0 Å². The normalized spacial score (nSPS) is 18.1. The molecule has 0 N–H and O–H groups in total. The van der Waals surface area contributed by atoms with E-state index in [1.807, 2.05) is 12.1 Å². The molecule has 2 saturated heterocycles. The first kappa shape index (κ1) is 22.0. The average molecular weight is 480 g/mol. The molecule has 5 rings (SSSR count). The number of benzene rings is 2. The second-order valence-corrected chi connectivity index (χ2v) is 9.77. The largest absolute Gasteiger partial charge is 0.378 e. The van der Waals surface area contributed by atoms with Gasteiger partial charge >= 0.3 is 0 Å². The number of anilines is 1. The average Bonchev–Trinajstić information content (AvgIpc) is 3.08. The number of thioether (sulfide) groups is 1. The first-order valence-corrected chi connectivity index (χ1v) is 11.9. The molecule has 3 heterocycles. The molecule has 0 atom stereocenters. The molecule has 0 saturated carbocycles. The highest BCUT2D eigenvalue weighted by atomic mass is 32.2. The van der Waals surface area contributed by atoms with Gasteiger partial charge in [0.15, 0.2) is 0 Å². The van der Waals surface area contributed by atoms with Crippen molar-refractivity contribution in [3.05, 3.63) is 75.9 Å². The van der Waals surface area contributed by atoms with E-state index >= 15 is 0 Å². The molecule has 0 radical (unpaired) electrons. The van der Waals surface area contributed by atoms with Gasteiger partial charge in [0.2, 0.25) is 0 Å². The van der Waals surface area contributed by atoms with Crippen molar-refractivity contribution in [1.82, 2.24) is 9.88 Å². The lowest BCUT2D eigenvalue weighted by Crippen LogP contribution is -2.37. The number of morpholine rings is 1. The summed E-state index contributed by atoms with van der Waals surface area (Å²) in [5, 5.41) is 1.03. The Labute approximate surface area is 201 Å². The molecular formula is C25H22FN3O2S2. The van der Waals surface area contributed by atoms with E-state index in [1.165, 1.54) is 23.9 Å². The van der Waals surface area contributed by atoms with Crippen LogP contribution in [0.15, 0.2) is 53.4 Å². The predicted octanol–water partition coefficient (Wildman–Crippen LogP) is 4.92. The monoisotopic (exact) mass is 479 g/mol. The molecule has 168 valence electrons. The van der Waals surface area contributed by atoms with Crippen LogP contribution in [0.4, 0.5) is 10.2 Å². The molecule has 33 heavy (non-hydrogen) atoms. The second-order valence-electron chi connectivity index (χ2n) is 8.09. The summed E-state index contributed by atoms with van der Waals surface area (Å²) in [4.78, 5) is 22.5. The van der Waals surface area contributed by atoms with E-state index in [2.05, 4.69) is 30.0 Å². The molecule has 1 amide bonds. The second kappa shape index (κ2) is 9.21. The van der Waals surface area contributed by atoms with Crippen LogP contribution in [0.25, 0.3) is 17.0 Å². The third-order valence-corrected chi connectivity index (χ3v) is 7.08. The van der Waals surface area contributed by atoms with Crippen molar-refractivity contribution in [3.8, 4) is 0 Å². The van der Waals surface area contributed by atoms with Gasteiger partial charge in [-0.15, -0.1) is 0 Å². The lowest BCUT2D eigenvalue weighted by Gasteiger charge is -2.29. The minimum Gasteiger partial charge on any atom is -0.378 e. The quantitative estimate of drug-likeness (QED) is 0.391. The minimum atomic E-state index is -0.307. The highest BCUT2D eigenvalue weighted by Crippen LogP contribution is 2.36. The minimum absolute atomic E-state index is 0.147. The highest BCUT2D eigenvalue weighted by molar-refractivity contribution is 8.26. The molecule has 0 unspecified atom stereocenters. The predicted molar refractivity (Wildman–Crippen MR) is 135 cm³/mol. The molecule has 2 fully saturated rings. The van der Waals surface area contributed by atoms with Crippen LogP contribution in [0, 0.1) is 12.7 Å². The molecule has 1 aromatic heterocycles. The van der Waals surface area contributed by atoms with Gasteiger partial charge in [0.25, 0.3) is 5.91 Å². The Bertz CT molecular complexity index is 1270. The van der Waals surface area contributed by atoms with Crippen molar-refractivity contribution >= 4 is 57.0 Å². The molecule has 0 spiro atoms. The number of carbonyl (C=O) groups excluding carboxylic acids is 1. The summed E-state index contributed by atoms with van der Waals surface area (Å²) in [7, 11) is 0. The van der Waals surface area contributed by atoms with Gasteiger partial charge in [0.05, 0.1) is 30.2 Å². The van der Waals surface area contributed by atoms with Crippen LogP contribution in [0.5, 0.6) is 0 Å². The van der Waals surface area contributed by atoms with E-state index in [4.69, 9.17) is 21.9 Å². The Kier molecular flexibility index (Phi) is 6.14. The van der Waals surface area contributed by atoms with Crippen molar-refractivity contribution in [2.75, 3.05) is 31.2 Å². The topological polar surface area (TPSA) is 45.7 Å². The number of rotatable bonds is 4. The van der Waals surface area contributed by atoms with Gasteiger partial charge in [0, 0.05) is 24.0 Å². The zero-order valence-electron chi connectivity index (χ0n) is 18.1. The number of ether oxygens (including phenoxy) is 1. The van der Waals surface area contributed by atoms with Gasteiger partial charge in [-0.3, -0.25) is 9.69 Å². The molecule has 8 heteroatoms. The molecule has 2 aliphatic heterocycles. The Balaban J connectivity index is 1.51. The number of hydrogen-bond donors (Lipinski definition) is 0. The number of nitrogens with zero attached hydrogens (tertiary/aromatic N) is 3. The third-order valence-electron chi connectivity index (χ3n) is 5.70. The van der Waals surface area contributed by atoms with Gasteiger partial charge in [-0.25, -0.2) is 9.37 Å². The first-order chi connectivity index (χ1) is 16.0. The van der Waals surface area contributed by atoms with Crippen molar-refractivity contribution in [2.24, 2.45) is 0 Å². The Morgan fingerprint density at radius 1 is 1.15 bits per heavy atom. The van der Waals surface area contributed by atoms with Crippen molar-refractivity contribution in [2.45, 2.75) is 13.5 Å². The number of halogens is 1. The van der Waals surface area contributed by atoms with E-state index in [0.717, 1.165) is 46.5 Å². The zero-order valence-corrected chi connectivity index (χ0v) is 19.7. The molecule has 0 aliphatic carbocycles. The number of aryl methyl sites for hydroxylation is 1. The maximum absolute atomic E-state index is 13.2. The maximum Gasteiger partial charge on any atom is 0.266 e. The van der Waals surface area contributed by atoms with Crippen molar-refractivity contribution in [1.29, 1.82) is 0 Å². The number of hydrogen-bond acceptors (Lipinski definition) is 6. The van der Waals surface area contributed by atoms with Crippen LogP contribution in [-0.2, 0) is 16.1 Å². The summed E-state index contributed by atoms with van der Waals surface area (Å²) < 4.78 is 19.3. The molecule has 3 aromatic rings. The lowest BCUT2D eigenvalue weighted by atomic mass is 10.1. The highest BCUT2D eigenvalue weighted by Gasteiger charge is 2.32. The summed E-state index contributed by atoms with van der Waals surface area (Å²) in [5.74, 6) is 0.392. The van der Waals surface area contributed by atoms with Gasteiger partial charge in [-0.05, 0) is 48.9 Å². The number of thiocarbonyl (C=S) groups is 1. The molecule has 0 bridgehead atoms.